The lowest BCUT2D eigenvalue weighted by Gasteiger charge is -2.20. The maximum atomic E-state index is 13.5. The molecule has 2 aromatic carbocycles. The number of aryl methyl sites for hydroxylation is 1. The number of carboxylic acids is 1. The van der Waals surface area contributed by atoms with Crippen molar-refractivity contribution in [3.05, 3.63) is 107 Å². The summed E-state index contributed by atoms with van der Waals surface area (Å²) in [6, 6.07) is 23.9. The molecule has 4 rings (SSSR count). The Morgan fingerprint density at radius 1 is 0.925 bits per heavy atom. The van der Waals surface area contributed by atoms with E-state index in [1.807, 2.05) is 59.1 Å². The molecular formula is C35H41NO4. The third-order valence-electron chi connectivity index (χ3n) is 7.28. The number of unbranched alkanes of at least 4 members (excludes halogenated alkanes) is 2. The molecule has 5 heteroatoms. The minimum atomic E-state index is -0.810. The number of carboxylic acid groups (broad SMARTS) is 1. The first-order chi connectivity index (χ1) is 19.4. The SMILES string of the molecule is CCCCC[C@H](Oc1ccc(C(=O)c2cc(CCCC(=O)O)n3ccccc23)cc1)c1ccc(CC(C)C)cc1. The summed E-state index contributed by atoms with van der Waals surface area (Å²) in [6.45, 7) is 6.68. The quantitative estimate of drug-likeness (QED) is 0.121. The third kappa shape index (κ3) is 7.62. The van der Waals surface area contributed by atoms with Crippen LogP contribution in [0.4, 0.5) is 0 Å². The molecule has 40 heavy (non-hydrogen) atoms. The van der Waals surface area contributed by atoms with Crippen LogP contribution in [0.3, 0.4) is 0 Å². The first-order valence-electron chi connectivity index (χ1n) is 14.6. The van der Waals surface area contributed by atoms with E-state index in [1.54, 1.807) is 0 Å². The van der Waals surface area contributed by atoms with Crippen molar-refractivity contribution in [2.45, 2.75) is 78.2 Å². The molecule has 0 radical (unpaired) electrons. The molecule has 2 aromatic heterocycles. The van der Waals surface area contributed by atoms with Crippen LogP contribution < -0.4 is 4.74 Å². The smallest absolute Gasteiger partial charge is 0.303 e. The largest absolute Gasteiger partial charge is 0.486 e. The Labute approximate surface area is 237 Å². The van der Waals surface area contributed by atoms with Crippen LogP contribution in [0.25, 0.3) is 5.52 Å². The molecule has 0 bridgehead atoms. The van der Waals surface area contributed by atoms with Crippen molar-refractivity contribution in [2.75, 3.05) is 0 Å². The Kier molecular flexibility index (Phi) is 10.2. The first kappa shape index (κ1) is 29.1. The van der Waals surface area contributed by atoms with E-state index in [4.69, 9.17) is 9.84 Å². The van der Waals surface area contributed by atoms with Crippen LogP contribution in [0.2, 0.25) is 0 Å². The third-order valence-corrected chi connectivity index (χ3v) is 7.28. The molecule has 5 nitrogen and oxygen atoms in total. The second kappa shape index (κ2) is 14.0. The van der Waals surface area contributed by atoms with Crippen LogP contribution >= 0.6 is 0 Å². The lowest BCUT2D eigenvalue weighted by atomic mass is 9.98. The van der Waals surface area contributed by atoms with E-state index in [0.717, 1.165) is 42.6 Å². The van der Waals surface area contributed by atoms with E-state index >= 15 is 0 Å². The molecule has 0 unspecified atom stereocenters. The zero-order valence-corrected chi connectivity index (χ0v) is 23.9. The summed E-state index contributed by atoms with van der Waals surface area (Å²) in [7, 11) is 0. The second-order valence-electron chi connectivity index (χ2n) is 11.0. The van der Waals surface area contributed by atoms with Crippen molar-refractivity contribution in [1.82, 2.24) is 4.40 Å². The molecule has 0 aliphatic heterocycles. The highest BCUT2D eigenvalue weighted by atomic mass is 16.5. The lowest BCUT2D eigenvalue weighted by molar-refractivity contribution is -0.137. The molecule has 0 saturated carbocycles. The van der Waals surface area contributed by atoms with Crippen molar-refractivity contribution in [3.63, 3.8) is 0 Å². The molecular weight excluding hydrogens is 498 g/mol. The predicted molar refractivity (Wildman–Crippen MR) is 160 cm³/mol. The number of ether oxygens (including phenoxy) is 1. The van der Waals surface area contributed by atoms with Crippen LogP contribution in [0.5, 0.6) is 5.75 Å². The van der Waals surface area contributed by atoms with Crippen molar-refractivity contribution in [3.8, 4) is 5.75 Å². The number of carbonyl (C=O) groups is 2. The molecule has 210 valence electrons. The van der Waals surface area contributed by atoms with Crippen LogP contribution in [0, 0.1) is 5.92 Å². The number of aromatic nitrogens is 1. The first-order valence-corrected chi connectivity index (χ1v) is 14.6. The van der Waals surface area contributed by atoms with Gasteiger partial charge in [-0.1, -0.05) is 63.9 Å². The van der Waals surface area contributed by atoms with Crippen molar-refractivity contribution in [2.24, 2.45) is 5.92 Å². The number of pyridine rings is 1. The fraction of sp³-hybridized carbons (Fsp3) is 0.371. The number of fused-ring (bicyclic) bond motifs is 1. The van der Waals surface area contributed by atoms with E-state index in [1.165, 1.54) is 17.5 Å². The minimum Gasteiger partial charge on any atom is -0.486 e. The van der Waals surface area contributed by atoms with Gasteiger partial charge in [0.2, 0.25) is 0 Å². The summed E-state index contributed by atoms with van der Waals surface area (Å²) in [6.07, 6.45) is 8.55. The summed E-state index contributed by atoms with van der Waals surface area (Å²) in [5.74, 6) is 0.507. The number of rotatable bonds is 15. The van der Waals surface area contributed by atoms with Gasteiger partial charge in [0.25, 0.3) is 0 Å². The molecule has 0 amide bonds. The maximum absolute atomic E-state index is 13.5. The van der Waals surface area contributed by atoms with Gasteiger partial charge in [-0.25, -0.2) is 0 Å². The van der Waals surface area contributed by atoms with Gasteiger partial charge in [0, 0.05) is 29.4 Å². The van der Waals surface area contributed by atoms with E-state index in [9.17, 15) is 9.59 Å². The normalized spacial score (nSPS) is 12.1. The Morgan fingerprint density at radius 3 is 2.35 bits per heavy atom. The molecule has 0 spiro atoms. The second-order valence-corrected chi connectivity index (χ2v) is 11.0. The van der Waals surface area contributed by atoms with Gasteiger partial charge < -0.3 is 14.2 Å². The van der Waals surface area contributed by atoms with E-state index in [0.29, 0.717) is 29.9 Å². The zero-order valence-electron chi connectivity index (χ0n) is 23.9. The highest BCUT2D eigenvalue weighted by Crippen LogP contribution is 2.29. The Bertz CT molecular complexity index is 1400. The standard InChI is InChI=1S/C35H41NO4/c1-4-5-6-12-33(27-16-14-26(15-17-27)23-25(2)3)40-30-20-18-28(19-21-30)35(39)31-24-29(10-9-13-34(37)38)36-22-8-7-11-32(31)36/h7-8,11,14-22,24-25,33H,4-6,9-10,12-13,23H2,1-3H3,(H,37,38)/t33-/m0/s1. The molecule has 0 aliphatic rings. The van der Waals surface area contributed by atoms with Gasteiger partial charge >= 0.3 is 5.97 Å². The summed E-state index contributed by atoms with van der Waals surface area (Å²) < 4.78 is 8.47. The number of carbonyl (C=O) groups excluding carboxylic acids is 1. The Hall–Kier alpha value is -3.86. The highest BCUT2D eigenvalue weighted by Gasteiger charge is 2.18. The van der Waals surface area contributed by atoms with Gasteiger partial charge in [0.05, 0.1) is 5.52 Å². The van der Waals surface area contributed by atoms with Crippen molar-refractivity contribution < 1.29 is 19.4 Å². The molecule has 0 fully saturated rings. The number of nitrogens with zero attached hydrogens (tertiary/aromatic N) is 1. The number of hydrogen-bond acceptors (Lipinski definition) is 3. The number of ketones is 1. The molecule has 0 saturated heterocycles. The average Bonchev–Trinajstić information content (AvgIpc) is 3.31. The van der Waals surface area contributed by atoms with Gasteiger partial charge in [-0.3, -0.25) is 9.59 Å². The van der Waals surface area contributed by atoms with E-state index < -0.39 is 5.97 Å². The highest BCUT2D eigenvalue weighted by molar-refractivity contribution is 6.13. The monoisotopic (exact) mass is 539 g/mol. The summed E-state index contributed by atoms with van der Waals surface area (Å²) >= 11 is 0. The fourth-order valence-electron chi connectivity index (χ4n) is 5.24. The predicted octanol–water partition coefficient (Wildman–Crippen LogP) is 8.48. The summed E-state index contributed by atoms with van der Waals surface area (Å²) in [5.41, 5.74) is 5.51. The van der Waals surface area contributed by atoms with Crippen molar-refractivity contribution >= 4 is 17.3 Å². The molecule has 4 aromatic rings. The van der Waals surface area contributed by atoms with Crippen molar-refractivity contribution in [1.29, 1.82) is 0 Å². The van der Waals surface area contributed by atoms with Crippen LogP contribution in [-0.4, -0.2) is 21.3 Å². The van der Waals surface area contributed by atoms with E-state index in [2.05, 4.69) is 45.0 Å². The number of aliphatic carboxylic acids is 1. The molecule has 2 heterocycles. The lowest BCUT2D eigenvalue weighted by Crippen LogP contribution is -2.09. The Balaban J connectivity index is 1.51. The van der Waals surface area contributed by atoms with Gasteiger partial charge in [-0.2, -0.15) is 0 Å². The minimum absolute atomic E-state index is 0.0371. The van der Waals surface area contributed by atoms with Crippen LogP contribution in [0.1, 0.15) is 98.1 Å². The number of benzene rings is 2. The Morgan fingerprint density at radius 2 is 1.68 bits per heavy atom. The summed E-state index contributed by atoms with van der Waals surface area (Å²) in [4.78, 5) is 24.5. The zero-order chi connectivity index (χ0) is 28.5. The van der Waals surface area contributed by atoms with Gasteiger partial charge in [-0.05, 0) is 91.6 Å². The molecule has 0 aliphatic carbocycles. The van der Waals surface area contributed by atoms with Gasteiger partial charge in [0.15, 0.2) is 5.78 Å². The van der Waals surface area contributed by atoms with Crippen LogP contribution in [0.15, 0.2) is 79.0 Å². The van der Waals surface area contributed by atoms with Crippen LogP contribution in [-0.2, 0) is 17.6 Å². The maximum Gasteiger partial charge on any atom is 0.303 e. The fourth-order valence-corrected chi connectivity index (χ4v) is 5.24. The van der Waals surface area contributed by atoms with Gasteiger partial charge in [-0.15, -0.1) is 0 Å². The molecule has 1 N–H and O–H groups in total. The van der Waals surface area contributed by atoms with E-state index in [-0.39, 0.29) is 18.3 Å². The summed E-state index contributed by atoms with van der Waals surface area (Å²) in [5, 5.41) is 9.01. The topological polar surface area (TPSA) is 68.0 Å². The number of hydrogen-bond donors (Lipinski definition) is 1. The van der Waals surface area contributed by atoms with Gasteiger partial charge in [0.1, 0.15) is 11.9 Å². The molecule has 1 atom stereocenters. The average molecular weight is 540 g/mol.